The van der Waals surface area contributed by atoms with Gasteiger partial charge in [-0.2, -0.15) is 0 Å². The summed E-state index contributed by atoms with van der Waals surface area (Å²) in [5, 5.41) is 3.22. The fraction of sp³-hybridized carbons (Fsp3) is 0.462. The normalized spacial score (nSPS) is 19.9. The van der Waals surface area contributed by atoms with Gasteiger partial charge in [0.05, 0.1) is 5.02 Å². The van der Waals surface area contributed by atoms with Gasteiger partial charge in [0, 0.05) is 26.2 Å². The summed E-state index contributed by atoms with van der Waals surface area (Å²) < 4.78 is 13.3. The highest BCUT2D eigenvalue weighted by atomic mass is 35.5. The molecule has 1 aliphatic heterocycles. The number of nitrogens with two attached hydrogens (primary N) is 1. The van der Waals surface area contributed by atoms with Crippen molar-refractivity contribution in [2.45, 2.75) is 12.5 Å². The minimum absolute atomic E-state index is 0.000101. The van der Waals surface area contributed by atoms with Gasteiger partial charge in [-0.3, -0.25) is 9.69 Å². The predicted octanol–water partition coefficient (Wildman–Crippen LogP) is 1.08. The second-order valence-electron chi connectivity index (χ2n) is 4.80. The van der Waals surface area contributed by atoms with E-state index in [1.807, 2.05) is 4.90 Å². The lowest BCUT2D eigenvalue weighted by Gasteiger charge is -2.41. The molecule has 3 N–H and O–H groups in total. The number of carbonyl (C=O) groups is 1. The Kier molecular flexibility index (Phi) is 4.08. The molecule has 6 heteroatoms. The molecule has 1 atom stereocenters. The first-order valence-corrected chi connectivity index (χ1v) is 6.55. The number of piperazine rings is 1. The first-order valence-electron chi connectivity index (χ1n) is 6.17. The second kappa shape index (κ2) is 5.45. The third-order valence-corrected chi connectivity index (χ3v) is 4.00. The lowest BCUT2D eigenvalue weighted by Crippen LogP contribution is -2.58. The SMILES string of the molecule is CC(C(N)=O)(c1ccc(F)c(Cl)c1)N1CCNCC1. The van der Waals surface area contributed by atoms with Crippen molar-refractivity contribution in [2.75, 3.05) is 26.2 Å². The Balaban J connectivity index is 2.42. The highest BCUT2D eigenvalue weighted by Crippen LogP contribution is 2.31. The van der Waals surface area contributed by atoms with Gasteiger partial charge < -0.3 is 11.1 Å². The number of hydrogen-bond acceptors (Lipinski definition) is 3. The molecule has 0 bridgehead atoms. The van der Waals surface area contributed by atoms with Crippen LogP contribution in [0.4, 0.5) is 4.39 Å². The van der Waals surface area contributed by atoms with Crippen molar-refractivity contribution in [3.05, 3.63) is 34.6 Å². The fourth-order valence-corrected chi connectivity index (χ4v) is 2.57. The van der Waals surface area contributed by atoms with Gasteiger partial charge in [0.15, 0.2) is 0 Å². The largest absolute Gasteiger partial charge is 0.368 e. The summed E-state index contributed by atoms with van der Waals surface area (Å²) in [6.07, 6.45) is 0. The maximum absolute atomic E-state index is 13.3. The van der Waals surface area contributed by atoms with Gasteiger partial charge in [0.25, 0.3) is 0 Å². The highest BCUT2D eigenvalue weighted by molar-refractivity contribution is 6.30. The molecule has 0 radical (unpaired) electrons. The van der Waals surface area contributed by atoms with Crippen molar-refractivity contribution in [3.8, 4) is 0 Å². The van der Waals surface area contributed by atoms with Crippen LogP contribution >= 0.6 is 11.6 Å². The Labute approximate surface area is 116 Å². The van der Waals surface area contributed by atoms with E-state index in [1.54, 1.807) is 13.0 Å². The van der Waals surface area contributed by atoms with E-state index in [9.17, 15) is 9.18 Å². The average Bonchev–Trinajstić information content (AvgIpc) is 2.41. The van der Waals surface area contributed by atoms with Crippen LogP contribution in [0.25, 0.3) is 0 Å². The first-order chi connectivity index (χ1) is 8.96. The van der Waals surface area contributed by atoms with Gasteiger partial charge in [0.2, 0.25) is 5.91 Å². The molecule has 104 valence electrons. The number of nitrogens with one attached hydrogen (secondary N) is 1. The van der Waals surface area contributed by atoms with Crippen molar-refractivity contribution >= 4 is 17.5 Å². The number of carbonyl (C=O) groups excluding carboxylic acids is 1. The molecule has 2 rings (SSSR count). The quantitative estimate of drug-likeness (QED) is 0.874. The minimum atomic E-state index is -0.973. The van der Waals surface area contributed by atoms with Crippen LogP contribution < -0.4 is 11.1 Å². The van der Waals surface area contributed by atoms with E-state index in [1.165, 1.54) is 12.1 Å². The minimum Gasteiger partial charge on any atom is -0.368 e. The van der Waals surface area contributed by atoms with Crippen molar-refractivity contribution in [3.63, 3.8) is 0 Å². The van der Waals surface area contributed by atoms with E-state index >= 15 is 0 Å². The van der Waals surface area contributed by atoms with Crippen molar-refractivity contribution in [1.29, 1.82) is 0 Å². The van der Waals surface area contributed by atoms with Gasteiger partial charge >= 0.3 is 0 Å². The van der Waals surface area contributed by atoms with Crippen molar-refractivity contribution in [1.82, 2.24) is 10.2 Å². The van der Waals surface area contributed by atoms with Gasteiger partial charge in [-0.15, -0.1) is 0 Å². The standard InChI is InChI=1S/C13H17ClFN3O/c1-13(12(16)19,18-6-4-17-5-7-18)9-2-3-11(15)10(14)8-9/h2-3,8,17H,4-7H2,1H3,(H2,16,19). The van der Waals surface area contributed by atoms with Crippen LogP contribution in [0, 0.1) is 5.82 Å². The smallest absolute Gasteiger partial charge is 0.242 e. The van der Waals surface area contributed by atoms with Crippen LogP contribution in [0.1, 0.15) is 12.5 Å². The van der Waals surface area contributed by atoms with E-state index in [-0.39, 0.29) is 5.02 Å². The summed E-state index contributed by atoms with van der Waals surface area (Å²) in [6, 6.07) is 4.30. The molecule has 1 aliphatic rings. The molecule has 1 saturated heterocycles. The number of amides is 1. The first kappa shape index (κ1) is 14.2. The molecular weight excluding hydrogens is 269 g/mol. The summed E-state index contributed by atoms with van der Waals surface area (Å²) in [7, 11) is 0. The van der Waals surface area contributed by atoms with E-state index in [0.717, 1.165) is 13.1 Å². The van der Waals surface area contributed by atoms with Crippen LogP contribution in [-0.2, 0) is 10.3 Å². The summed E-state index contributed by atoms with van der Waals surface area (Å²) in [4.78, 5) is 13.9. The Bertz CT molecular complexity index is 491. The molecule has 1 aromatic carbocycles. The van der Waals surface area contributed by atoms with Crippen LogP contribution in [0.3, 0.4) is 0 Å². The maximum atomic E-state index is 13.3. The lowest BCUT2D eigenvalue weighted by atomic mass is 9.88. The van der Waals surface area contributed by atoms with E-state index < -0.39 is 17.3 Å². The zero-order valence-electron chi connectivity index (χ0n) is 10.7. The topological polar surface area (TPSA) is 58.4 Å². The molecule has 1 amide bonds. The Morgan fingerprint density at radius 3 is 2.63 bits per heavy atom. The van der Waals surface area contributed by atoms with E-state index in [2.05, 4.69) is 5.32 Å². The average molecular weight is 286 g/mol. The number of halogens is 2. The van der Waals surface area contributed by atoms with Gasteiger partial charge in [-0.05, 0) is 24.6 Å². The lowest BCUT2D eigenvalue weighted by molar-refractivity contribution is -0.130. The van der Waals surface area contributed by atoms with Crippen molar-refractivity contribution < 1.29 is 9.18 Å². The third-order valence-electron chi connectivity index (χ3n) is 3.71. The van der Waals surface area contributed by atoms with Crippen LogP contribution in [0.15, 0.2) is 18.2 Å². The molecule has 0 aromatic heterocycles. The second-order valence-corrected chi connectivity index (χ2v) is 5.21. The van der Waals surface area contributed by atoms with Gasteiger partial charge in [-0.1, -0.05) is 17.7 Å². The number of primary amides is 1. The fourth-order valence-electron chi connectivity index (χ4n) is 2.39. The molecule has 1 aromatic rings. The maximum Gasteiger partial charge on any atom is 0.242 e. The summed E-state index contributed by atoms with van der Waals surface area (Å²) >= 11 is 5.81. The third kappa shape index (κ3) is 2.59. The molecule has 19 heavy (non-hydrogen) atoms. The molecule has 0 aliphatic carbocycles. The monoisotopic (exact) mass is 285 g/mol. The zero-order valence-corrected chi connectivity index (χ0v) is 11.5. The number of hydrogen-bond donors (Lipinski definition) is 2. The number of rotatable bonds is 3. The molecular formula is C13H17ClFN3O. The summed E-state index contributed by atoms with van der Waals surface area (Å²) in [5.74, 6) is -0.963. The Morgan fingerprint density at radius 2 is 2.11 bits per heavy atom. The highest BCUT2D eigenvalue weighted by Gasteiger charge is 2.40. The molecule has 1 unspecified atom stereocenters. The number of benzene rings is 1. The van der Waals surface area contributed by atoms with Gasteiger partial charge in [-0.25, -0.2) is 4.39 Å². The molecule has 0 saturated carbocycles. The van der Waals surface area contributed by atoms with Gasteiger partial charge in [0.1, 0.15) is 11.4 Å². The molecule has 0 spiro atoms. The van der Waals surface area contributed by atoms with Crippen LogP contribution in [0.2, 0.25) is 5.02 Å². The van der Waals surface area contributed by atoms with Crippen molar-refractivity contribution in [2.24, 2.45) is 5.73 Å². The van der Waals surface area contributed by atoms with E-state index in [0.29, 0.717) is 18.7 Å². The van der Waals surface area contributed by atoms with E-state index in [4.69, 9.17) is 17.3 Å². The van der Waals surface area contributed by atoms with Crippen LogP contribution in [-0.4, -0.2) is 37.0 Å². The summed E-state index contributed by atoms with van der Waals surface area (Å²) in [6.45, 7) is 4.74. The molecule has 1 heterocycles. The zero-order chi connectivity index (χ0) is 14.0. The summed E-state index contributed by atoms with van der Waals surface area (Å²) in [5.41, 5.74) is 5.23. The predicted molar refractivity (Wildman–Crippen MR) is 72.4 cm³/mol. The van der Waals surface area contributed by atoms with Crippen LogP contribution in [0.5, 0.6) is 0 Å². The number of nitrogens with zero attached hydrogens (tertiary/aromatic N) is 1. The molecule has 4 nitrogen and oxygen atoms in total. The molecule has 1 fully saturated rings. The Morgan fingerprint density at radius 1 is 1.47 bits per heavy atom. The Hall–Kier alpha value is -1.17.